The highest BCUT2D eigenvalue weighted by Crippen LogP contribution is 2.31. The number of hydrogen-bond donors (Lipinski definition) is 1. The van der Waals surface area contributed by atoms with Crippen molar-refractivity contribution in [3.63, 3.8) is 0 Å². The number of carboxylic acid groups (broad SMARTS) is 1. The van der Waals surface area contributed by atoms with Crippen LogP contribution in [0.2, 0.25) is 0 Å². The molecule has 0 fully saturated rings. The molecular weight excluding hydrogens is 423 g/mol. The van der Waals surface area contributed by atoms with Gasteiger partial charge in [-0.1, -0.05) is 24.3 Å². The molecule has 0 unspecified atom stereocenters. The quantitative estimate of drug-likeness (QED) is 0.396. The number of hydrogen-bond acceptors (Lipinski definition) is 4. The molecule has 0 radical (unpaired) electrons. The largest absolute Gasteiger partial charge is 0.486 e. The Bertz CT molecular complexity index is 1280. The third kappa shape index (κ3) is 4.59. The first-order valence-electron chi connectivity index (χ1n) is 9.71. The van der Waals surface area contributed by atoms with Gasteiger partial charge in [-0.2, -0.15) is 13.2 Å². The van der Waals surface area contributed by atoms with E-state index >= 15 is 0 Å². The number of oxazole rings is 1. The molecule has 3 aromatic carbocycles. The molecule has 0 spiro atoms. The molecule has 0 saturated heterocycles. The van der Waals surface area contributed by atoms with Gasteiger partial charge in [0, 0.05) is 5.56 Å². The van der Waals surface area contributed by atoms with Crippen molar-refractivity contribution in [2.24, 2.45) is 0 Å². The van der Waals surface area contributed by atoms with Gasteiger partial charge in [0.05, 0.1) is 17.7 Å². The maximum absolute atomic E-state index is 12.7. The molecule has 0 aliphatic carbocycles. The number of aliphatic carboxylic acids is 1. The van der Waals surface area contributed by atoms with E-state index in [4.69, 9.17) is 14.3 Å². The second kappa shape index (κ2) is 8.37. The van der Waals surface area contributed by atoms with E-state index in [0.717, 1.165) is 22.9 Å². The first-order chi connectivity index (χ1) is 15.2. The van der Waals surface area contributed by atoms with Crippen molar-refractivity contribution < 1.29 is 32.2 Å². The van der Waals surface area contributed by atoms with E-state index in [2.05, 4.69) is 4.98 Å². The molecule has 164 valence electrons. The monoisotopic (exact) mass is 441 g/mol. The Morgan fingerprint density at radius 2 is 1.84 bits per heavy atom. The van der Waals surface area contributed by atoms with Gasteiger partial charge < -0.3 is 14.3 Å². The second-order valence-corrected chi connectivity index (χ2v) is 7.26. The zero-order chi connectivity index (χ0) is 22.9. The summed E-state index contributed by atoms with van der Waals surface area (Å²) in [5.41, 5.74) is 0.984. The lowest BCUT2D eigenvalue weighted by atomic mass is 10.0. The smallest absolute Gasteiger partial charge is 0.416 e. The fourth-order valence-electron chi connectivity index (χ4n) is 3.37. The van der Waals surface area contributed by atoms with Gasteiger partial charge in [-0.25, -0.2) is 4.98 Å². The predicted molar refractivity (Wildman–Crippen MR) is 111 cm³/mol. The van der Waals surface area contributed by atoms with Crippen LogP contribution in [0.4, 0.5) is 13.2 Å². The highest BCUT2D eigenvalue weighted by molar-refractivity contribution is 5.89. The average Bonchev–Trinajstić information content (AvgIpc) is 3.12. The van der Waals surface area contributed by atoms with Crippen molar-refractivity contribution in [3.8, 4) is 17.2 Å². The van der Waals surface area contributed by atoms with E-state index in [1.165, 1.54) is 12.1 Å². The van der Waals surface area contributed by atoms with Crippen molar-refractivity contribution in [2.75, 3.05) is 0 Å². The van der Waals surface area contributed by atoms with E-state index in [-0.39, 0.29) is 18.9 Å². The van der Waals surface area contributed by atoms with Crippen LogP contribution in [-0.4, -0.2) is 16.1 Å². The lowest BCUT2D eigenvalue weighted by molar-refractivity contribution is -0.138. The van der Waals surface area contributed by atoms with E-state index in [1.807, 2.05) is 18.2 Å². The van der Waals surface area contributed by atoms with Gasteiger partial charge in [0.2, 0.25) is 5.89 Å². The summed E-state index contributed by atoms with van der Waals surface area (Å²) in [5.74, 6) is 0.339. The SMILES string of the molecule is Cc1nc(-c2ccc(C(F)(F)F)cc2)oc1COc1ccc2c(CC(=O)O)cccc2c1. The highest BCUT2D eigenvalue weighted by atomic mass is 19.4. The first kappa shape index (κ1) is 21.4. The van der Waals surface area contributed by atoms with Crippen LogP contribution in [0.5, 0.6) is 5.75 Å². The number of ether oxygens (including phenoxy) is 1. The van der Waals surface area contributed by atoms with Gasteiger partial charge in [0.25, 0.3) is 0 Å². The second-order valence-electron chi connectivity index (χ2n) is 7.26. The summed E-state index contributed by atoms with van der Waals surface area (Å²) in [6, 6.07) is 15.4. The van der Waals surface area contributed by atoms with Gasteiger partial charge in [-0.3, -0.25) is 4.79 Å². The zero-order valence-corrected chi connectivity index (χ0v) is 16.9. The molecule has 32 heavy (non-hydrogen) atoms. The Balaban J connectivity index is 1.50. The Hall–Kier alpha value is -3.81. The summed E-state index contributed by atoms with van der Waals surface area (Å²) in [5, 5.41) is 10.7. The lowest BCUT2D eigenvalue weighted by Crippen LogP contribution is -2.03. The van der Waals surface area contributed by atoms with E-state index < -0.39 is 17.7 Å². The minimum atomic E-state index is -4.40. The fourth-order valence-corrected chi connectivity index (χ4v) is 3.37. The van der Waals surface area contributed by atoms with Crippen LogP contribution >= 0.6 is 0 Å². The minimum Gasteiger partial charge on any atom is -0.486 e. The summed E-state index contributed by atoms with van der Waals surface area (Å²) in [6.07, 6.45) is -4.47. The fraction of sp³-hybridized carbons (Fsp3) is 0.167. The van der Waals surface area contributed by atoms with Crippen LogP contribution in [0.25, 0.3) is 22.2 Å². The third-order valence-electron chi connectivity index (χ3n) is 5.01. The molecular formula is C24H18F3NO4. The summed E-state index contributed by atoms with van der Waals surface area (Å²) >= 11 is 0. The Morgan fingerprint density at radius 3 is 2.53 bits per heavy atom. The molecule has 4 rings (SSSR count). The van der Waals surface area contributed by atoms with Gasteiger partial charge in [-0.05, 0) is 59.7 Å². The van der Waals surface area contributed by atoms with Crippen LogP contribution in [-0.2, 0) is 24.0 Å². The van der Waals surface area contributed by atoms with Gasteiger partial charge >= 0.3 is 12.1 Å². The molecule has 4 aromatic rings. The van der Waals surface area contributed by atoms with Crippen LogP contribution in [0.15, 0.2) is 65.1 Å². The number of carboxylic acids is 1. The average molecular weight is 441 g/mol. The molecule has 5 nitrogen and oxygen atoms in total. The van der Waals surface area contributed by atoms with E-state index in [0.29, 0.717) is 28.3 Å². The van der Waals surface area contributed by atoms with Gasteiger partial charge in [0.15, 0.2) is 5.76 Å². The topological polar surface area (TPSA) is 72.6 Å². The summed E-state index contributed by atoms with van der Waals surface area (Å²) in [4.78, 5) is 15.3. The van der Waals surface area contributed by atoms with Gasteiger partial charge in [0.1, 0.15) is 12.4 Å². The maximum Gasteiger partial charge on any atom is 0.416 e. The molecule has 0 bridgehead atoms. The van der Waals surface area contributed by atoms with E-state index in [9.17, 15) is 18.0 Å². The maximum atomic E-state index is 12.7. The van der Waals surface area contributed by atoms with Crippen molar-refractivity contribution in [3.05, 3.63) is 83.2 Å². The number of alkyl halides is 3. The van der Waals surface area contributed by atoms with Crippen LogP contribution in [0.1, 0.15) is 22.6 Å². The molecule has 0 atom stereocenters. The normalized spacial score (nSPS) is 11.6. The molecule has 8 heteroatoms. The van der Waals surface area contributed by atoms with Crippen molar-refractivity contribution in [2.45, 2.75) is 26.1 Å². The van der Waals surface area contributed by atoms with Crippen LogP contribution in [0, 0.1) is 6.92 Å². The summed E-state index contributed by atoms with van der Waals surface area (Å²) < 4.78 is 49.8. The molecule has 0 aliphatic heterocycles. The van der Waals surface area contributed by atoms with Crippen molar-refractivity contribution >= 4 is 16.7 Å². The van der Waals surface area contributed by atoms with Crippen LogP contribution < -0.4 is 4.74 Å². The number of nitrogens with zero attached hydrogens (tertiary/aromatic N) is 1. The predicted octanol–water partition coefficient (Wildman–Crippen LogP) is 6.03. The minimum absolute atomic E-state index is 0.0679. The van der Waals surface area contributed by atoms with Crippen LogP contribution in [0.3, 0.4) is 0 Å². The number of benzene rings is 3. The third-order valence-corrected chi connectivity index (χ3v) is 5.01. The summed E-state index contributed by atoms with van der Waals surface area (Å²) in [7, 11) is 0. The Labute approximate surface area is 181 Å². The van der Waals surface area contributed by atoms with Crippen molar-refractivity contribution in [1.29, 1.82) is 0 Å². The lowest BCUT2D eigenvalue weighted by Gasteiger charge is -2.08. The molecule has 1 N–H and O–H groups in total. The number of halogens is 3. The zero-order valence-electron chi connectivity index (χ0n) is 16.9. The Kier molecular flexibility index (Phi) is 5.61. The highest BCUT2D eigenvalue weighted by Gasteiger charge is 2.30. The number of fused-ring (bicyclic) bond motifs is 1. The Morgan fingerprint density at radius 1 is 1.09 bits per heavy atom. The standard InChI is InChI=1S/C24H18F3NO4/c1-14-21(32-23(28-14)15-5-7-18(8-6-15)24(25,26)27)13-31-19-9-10-20-16(11-19)3-2-4-17(20)12-22(29)30/h2-11H,12-13H2,1H3,(H,29,30). The number of rotatable bonds is 6. The molecule has 0 aliphatic rings. The number of aryl methyl sites for hydroxylation is 1. The molecule has 1 aromatic heterocycles. The van der Waals surface area contributed by atoms with Crippen molar-refractivity contribution in [1.82, 2.24) is 4.98 Å². The number of aromatic nitrogens is 1. The summed E-state index contributed by atoms with van der Waals surface area (Å²) in [6.45, 7) is 1.81. The van der Waals surface area contributed by atoms with Gasteiger partial charge in [-0.15, -0.1) is 0 Å². The van der Waals surface area contributed by atoms with E-state index in [1.54, 1.807) is 25.1 Å². The first-order valence-corrected chi connectivity index (χ1v) is 9.71. The molecule has 1 heterocycles. The number of carbonyl (C=O) groups is 1. The molecule has 0 saturated carbocycles. The molecule has 0 amide bonds.